The fraction of sp³-hybridized carbons (Fsp3) is 0.250. The van der Waals surface area contributed by atoms with Crippen LogP contribution in [0.15, 0.2) is 6.33 Å². The Hall–Kier alpha value is -1.37. The SMILES string of the molecule is C#CCn1ncnn1. The third-order valence-electron chi connectivity index (χ3n) is 0.624. The number of nitrogens with zero attached hydrogens (tertiary/aromatic N) is 4. The van der Waals surface area contributed by atoms with Crippen LogP contribution in [0, 0.1) is 12.3 Å². The first-order valence-corrected chi connectivity index (χ1v) is 2.07. The Morgan fingerprint density at radius 3 is 3.12 bits per heavy atom. The first-order chi connectivity index (χ1) is 3.93. The van der Waals surface area contributed by atoms with E-state index in [-0.39, 0.29) is 0 Å². The summed E-state index contributed by atoms with van der Waals surface area (Å²) in [6.45, 7) is 0.389. The summed E-state index contributed by atoms with van der Waals surface area (Å²) in [5.41, 5.74) is 0. The van der Waals surface area contributed by atoms with E-state index < -0.39 is 0 Å². The molecule has 0 aliphatic heterocycles. The van der Waals surface area contributed by atoms with Gasteiger partial charge in [-0.2, -0.15) is 4.80 Å². The van der Waals surface area contributed by atoms with Gasteiger partial charge in [-0.3, -0.25) is 0 Å². The van der Waals surface area contributed by atoms with Crippen molar-refractivity contribution in [1.29, 1.82) is 0 Å². The molecule has 0 amide bonds. The Morgan fingerprint density at radius 1 is 1.75 bits per heavy atom. The average Bonchev–Trinajstić information content (AvgIpc) is 2.19. The van der Waals surface area contributed by atoms with Crippen molar-refractivity contribution < 1.29 is 0 Å². The summed E-state index contributed by atoms with van der Waals surface area (Å²) in [5, 5.41) is 10.6. The molecule has 8 heavy (non-hydrogen) atoms. The first-order valence-electron chi connectivity index (χ1n) is 2.07. The quantitative estimate of drug-likeness (QED) is 0.447. The van der Waals surface area contributed by atoms with Crippen LogP contribution in [-0.4, -0.2) is 20.2 Å². The van der Waals surface area contributed by atoms with Crippen LogP contribution in [0.3, 0.4) is 0 Å². The summed E-state index contributed by atoms with van der Waals surface area (Å²) in [6, 6.07) is 0. The summed E-state index contributed by atoms with van der Waals surface area (Å²) < 4.78 is 0. The van der Waals surface area contributed by atoms with Crippen LogP contribution in [0.4, 0.5) is 0 Å². The van der Waals surface area contributed by atoms with Crippen LogP contribution in [0.25, 0.3) is 0 Å². The van der Waals surface area contributed by atoms with Crippen molar-refractivity contribution in [3.8, 4) is 12.3 Å². The highest BCUT2D eigenvalue weighted by Gasteiger charge is 1.83. The second-order valence-electron chi connectivity index (χ2n) is 1.17. The molecule has 0 N–H and O–H groups in total. The first kappa shape index (κ1) is 4.78. The van der Waals surface area contributed by atoms with Crippen molar-refractivity contribution in [2.24, 2.45) is 0 Å². The van der Waals surface area contributed by atoms with Crippen LogP contribution in [0.5, 0.6) is 0 Å². The molecule has 0 atom stereocenters. The molecule has 0 aliphatic rings. The zero-order valence-electron chi connectivity index (χ0n) is 4.15. The van der Waals surface area contributed by atoms with Crippen molar-refractivity contribution in [1.82, 2.24) is 20.2 Å². The van der Waals surface area contributed by atoms with Gasteiger partial charge >= 0.3 is 0 Å². The molecule has 1 heterocycles. The van der Waals surface area contributed by atoms with E-state index in [9.17, 15) is 0 Å². The van der Waals surface area contributed by atoms with Gasteiger partial charge in [0.1, 0.15) is 6.54 Å². The lowest BCUT2D eigenvalue weighted by molar-refractivity contribution is 0.592. The van der Waals surface area contributed by atoms with Gasteiger partial charge in [0.25, 0.3) is 0 Å². The highest BCUT2D eigenvalue weighted by atomic mass is 15.6. The lowest BCUT2D eigenvalue weighted by Gasteiger charge is -1.82. The van der Waals surface area contributed by atoms with E-state index in [2.05, 4.69) is 21.3 Å². The predicted molar refractivity (Wildman–Crippen MR) is 26.6 cm³/mol. The number of hydrogen-bond donors (Lipinski definition) is 0. The van der Waals surface area contributed by atoms with E-state index in [0.29, 0.717) is 6.54 Å². The molecule has 0 spiro atoms. The highest BCUT2D eigenvalue weighted by Crippen LogP contribution is 1.68. The van der Waals surface area contributed by atoms with Gasteiger partial charge in [-0.1, -0.05) is 5.92 Å². The molecule has 1 aromatic rings. The zero-order chi connectivity index (χ0) is 5.82. The number of terminal acetylenes is 1. The van der Waals surface area contributed by atoms with Gasteiger partial charge in [-0.05, 0) is 5.21 Å². The van der Waals surface area contributed by atoms with Crippen LogP contribution in [0.2, 0.25) is 0 Å². The molecule has 1 aromatic heterocycles. The van der Waals surface area contributed by atoms with Crippen LogP contribution in [-0.2, 0) is 6.54 Å². The lowest BCUT2D eigenvalue weighted by Crippen LogP contribution is -1.99. The third kappa shape index (κ3) is 0.819. The Bertz CT molecular complexity index is 182. The second kappa shape index (κ2) is 2.07. The topological polar surface area (TPSA) is 43.6 Å². The Balaban J connectivity index is 2.67. The average molecular weight is 108 g/mol. The van der Waals surface area contributed by atoms with Crippen molar-refractivity contribution in [2.45, 2.75) is 6.54 Å². The molecule has 1 rings (SSSR count). The molecule has 0 saturated heterocycles. The minimum atomic E-state index is 0.389. The normalized spacial score (nSPS) is 8.38. The molecule has 0 radical (unpaired) electrons. The molecule has 0 aliphatic carbocycles. The summed E-state index contributed by atoms with van der Waals surface area (Å²) >= 11 is 0. The van der Waals surface area contributed by atoms with Crippen LogP contribution < -0.4 is 0 Å². The summed E-state index contributed by atoms with van der Waals surface area (Å²) in [5.74, 6) is 2.37. The van der Waals surface area contributed by atoms with E-state index in [1.807, 2.05) is 0 Å². The van der Waals surface area contributed by atoms with Crippen molar-refractivity contribution in [3.05, 3.63) is 6.33 Å². The minimum Gasteiger partial charge on any atom is -0.152 e. The van der Waals surface area contributed by atoms with Crippen molar-refractivity contribution >= 4 is 0 Å². The van der Waals surface area contributed by atoms with Crippen LogP contribution >= 0.6 is 0 Å². The monoisotopic (exact) mass is 108 g/mol. The summed E-state index contributed by atoms with van der Waals surface area (Å²) in [7, 11) is 0. The standard InChI is InChI=1S/C4H4N4/c1-2-3-8-6-4-5-7-8/h1,4H,3H2. The maximum atomic E-state index is 4.94. The van der Waals surface area contributed by atoms with E-state index >= 15 is 0 Å². The van der Waals surface area contributed by atoms with Gasteiger partial charge in [0, 0.05) is 0 Å². The maximum absolute atomic E-state index is 4.94. The van der Waals surface area contributed by atoms with Crippen molar-refractivity contribution in [3.63, 3.8) is 0 Å². The molecule has 0 aromatic carbocycles. The molecule has 40 valence electrons. The third-order valence-corrected chi connectivity index (χ3v) is 0.624. The molecule has 0 bridgehead atoms. The van der Waals surface area contributed by atoms with Gasteiger partial charge in [0.2, 0.25) is 0 Å². The van der Waals surface area contributed by atoms with Crippen molar-refractivity contribution in [2.75, 3.05) is 0 Å². The number of aromatic nitrogens is 4. The zero-order valence-corrected chi connectivity index (χ0v) is 4.15. The molecule has 4 nitrogen and oxygen atoms in total. The van der Waals surface area contributed by atoms with Crippen LogP contribution in [0.1, 0.15) is 0 Å². The largest absolute Gasteiger partial charge is 0.162 e. The summed E-state index contributed by atoms with van der Waals surface area (Å²) in [6.07, 6.45) is 6.29. The minimum absolute atomic E-state index is 0.389. The van der Waals surface area contributed by atoms with E-state index in [1.54, 1.807) is 0 Å². The lowest BCUT2D eigenvalue weighted by atomic mass is 10.7. The molecule has 4 heteroatoms. The highest BCUT2D eigenvalue weighted by molar-refractivity contribution is 4.81. The Labute approximate surface area is 46.5 Å². The molecule has 0 saturated carbocycles. The number of rotatable bonds is 1. The molecule has 0 fully saturated rings. The Kier molecular flexibility index (Phi) is 1.24. The van der Waals surface area contributed by atoms with E-state index in [0.717, 1.165) is 0 Å². The van der Waals surface area contributed by atoms with Gasteiger partial charge in [-0.25, -0.2) is 0 Å². The Morgan fingerprint density at radius 2 is 2.62 bits per heavy atom. The number of tetrazole rings is 1. The van der Waals surface area contributed by atoms with E-state index in [4.69, 9.17) is 6.42 Å². The second-order valence-corrected chi connectivity index (χ2v) is 1.17. The van der Waals surface area contributed by atoms with Gasteiger partial charge < -0.3 is 0 Å². The maximum Gasteiger partial charge on any atom is 0.162 e. The molecular formula is C4H4N4. The van der Waals surface area contributed by atoms with Gasteiger partial charge in [0.05, 0.1) is 0 Å². The fourth-order valence-electron chi connectivity index (χ4n) is 0.343. The fourth-order valence-corrected chi connectivity index (χ4v) is 0.343. The predicted octanol–water partition coefficient (Wildman–Crippen LogP) is -0.694. The van der Waals surface area contributed by atoms with Gasteiger partial charge in [-0.15, -0.1) is 16.6 Å². The number of hydrogen-bond acceptors (Lipinski definition) is 3. The smallest absolute Gasteiger partial charge is 0.152 e. The summed E-state index contributed by atoms with van der Waals surface area (Å²) in [4.78, 5) is 1.33. The van der Waals surface area contributed by atoms with E-state index in [1.165, 1.54) is 11.1 Å². The molecule has 0 unspecified atom stereocenters. The molecular weight excluding hydrogens is 104 g/mol. The van der Waals surface area contributed by atoms with Gasteiger partial charge in [0.15, 0.2) is 6.33 Å².